The lowest BCUT2D eigenvalue weighted by atomic mass is 9.97. The van der Waals surface area contributed by atoms with Gasteiger partial charge in [-0.15, -0.1) is 0 Å². The average Bonchev–Trinajstić information content (AvgIpc) is 2.96. The van der Waals surface area contributed by atoms with Crippen LogP contribution < -0.4 is 11.1 Å². The van der Waals surface area contributed by atoms with Crippen molar-refractivity contribution in [2.24, 2.45) is 12.8 Å². The molecule has 1 aromatic rings. The molecular weight excluding hydrogens is 260 g/mol. The fourth-order valence-corrected chi connectivity index (χ4v) is 2.94. The number of nitrogens with two attached hydrogens (primary N) is 1. The maximum atomic E-state index is 12.4. The van der Waals surface area contributed by atoms with Crippen molar-refractivity contribution in [3.63, 3.8) is 0 Å². The quantitative estimate of drug-likeness (QED) is 0.816. The van der Waals surface area contributed by atoms with E-state index < -0.39 is 5.54 Å². The Labute approximate surface area is 118 Å². The minimum absolute atomic E-state index is 0.125. The number of aryl methyl sites for hydroxylation is 2. The lowest BCUT2D eigenvalue weighted by Gasteiger charge is -2.29. The Morgan fingerprint density at radius 1 is 1.58 bits per heavy atom. The number of amides is 1. The first-order valence-corrected chi connectivity index (χ1v) is 7.04. The Morgan fingerprint density at radius 3 is 2.74 bits per heavy atom. The zero-order valence-corrected chi connectivity index (χ0v) is 12.2. The van der Waals surface area contributed by atoms with Gasteiger partial charge in [0.15, 0.2) is 0 Å². The Morgan fingerprint density at radius 2 is 2.21 bits per heavy atom. The summed E-state index contributed by atoms with van der Waals surface area (Å²) in [5.41, 5.74) is 6.74. The lowest BCUT2D eigenvalue weighted by molar-refractivity contribution is 0.0923. The van der Waals surface area contributed by atoms with Crippen molar-refractivity contribution in [1.82, 2.24) is 15.1 Å². The number of carbonyl (C=O) groups excluding carboxylic acids is 1. The summed E-state index contributed by atoms with van der Waals surface area (Å²) in [5, 5.41) is 7.32. The SMILES string of the molecule is CCc1nn(C)cc1C(=O)NC1(C(N)=S)CCCC1. The molecule has 2 rings (SSSR count). The molecule has 1 fully saturated rings. The third-order valence-corrected chi connectivity index (χ3v) is 4.16. The number of carbonyl (C=O) groups is 1. The summed E-state index contributed by atoms with van der Waals surface area (Å²) in [6.07, 6.45) is 6.22. The molecule has 3 N–H and O–H groups in total. The summed E-state index contributed by atoms with van der Waals surface area (Å²) in [6.45, 7) is 1.98. The van der Waals surface area contributed by atoms with E-state index in [2.05, 4.69) is 10.4 Å². The van der Waals surface area contributed by atoms with Crippen LogP contribution in [0.2, 0.25) is 0 Å². The van der Waals surface area contributed by atoms with Crippen molar-refractivity contribution in [3.8, 4) is 0 Å². The number of thiocarbonyl (C=S) groups is 1. The van der Waals surface area contributed by atoms with Crippen molar-refractivity contribution in [3.05, 3.63) is 17.5 Å². The van der Waals surface area contributed by atoms with Gasteiger partial charge in [-0.25, -0.2) is 0 Å². The van der Waals surface area contributed by atoms with E-state index in [1.807, 2.05) is 14.0 Å². The van der Waals surface area contributed by atoms with Crippen molar-refractivity contribution < 1.29 is 4.79 Å². The minimum Gasteiger partial charge on any atom is -0.391 e. The summed E-state index contributed by atoms with van der Waals surface area (Å²) in [4.78, 5) is 12.8. The van der Waals surface area contributed by atoms with Gasteiger partial charge in [0.2, 0.25) is 0 Å². The van der Waals surface area contributed by atoms with Gasteiger partial charge in [0.05, 0.1) is 21.8 Å². The highest BCUT2D eigenvalue weighted by molar-refractivity contribution is 7.80. The first kappa shape index (κ1) is 14.0. The Balaban J connectivity index is 2.22. The molecule has 0 aliphatic heterocycles. The van der Waals surface area contributed by atoms with Gasteiger partial charge in [-0.3, -0.25) is 9.48 Å². The highest BCUT2D eigenvalue weighted by Crippen LogP contribution is 2.30. The van der Waals surface area contributed by atoms with Crippen molar-refractivity contribution in [1.29, 1.82) is 0 Å². The fourth-order valence-electron chi connectivity index (χ4n) is 2.68. The van der Waals surface area contributed by atoms with Crippen LogP contribution in [0.1, 0.15) is 48.7 Å². The Hall–Kier alpha value is -1.43. The van der Waals surface area contributed by atoms with Gasteiger partial charge in [0.1, 0.15) is 0 Å². The zero-order valence-electron chi connectivity index (χ0n) is 11.4. The van der Waals surface area contributed by atoms with E-state index in [9.17, 15) is 4.79 Å². The number of nitrogens with zero attached hydrogens (tertiary/aromatic N) is 2. The van der Waals surface area contributed by atoms with Gasteiger partial charge in [-0.05, 0) is 19.3 Å². The molecule has 1 aromatic heterocycles. The fraction of sp³-hybridized carbons (Fsp3) is 0.615. The molecule has 0 atom stereocenters. The van der Waals surface area contributed by atoms with E-state index in [4.69, 9.17) is 18.0 Å². The molecule has 1 amide bonds. The number of aromatic nitrogens is 2. The summed E-state index contributed by atoms with van der Waals surface area (Å²) in [7, 11) is 1.81. The molecule has 0 radical (unpaired) electrons. The van der Waals surface area contributed by atoms with Gasteiger partial charge >= 0.3 is 0 Å². The summed E-state index contributed by atoms with van der Waals surface area (Å²) in [5.74, 6) is -0.125. The standard InChI is InChI=1S/C13H20N4OS/c1-3-10-9(8-17(2)16-10)11(18)15-13(12(14)19)6-4-5-7-13/h8H,3-7H2,1-2H3,(H2,14,19)(H,15,18). The smallest absolute Gasteiger partial charge is 0.255 e. The van der Waals surface area contributed by atoms with Crippen LogP contribution in [0.4, 0.5) is 0 Å². The van der Waals surface area contributed by atoms with Gasteiger partial charge in [-0.2, -0.15) is 5.10 Å². The number of hydrogen-bond donors (Lipinski definition) is 2. The van der Waals surface area contributed by atoms with Crippen molar-refractivity contribution in [2.75, 3.05) is 0 Å². The zero-order chi connectivity index (χ0) is 14.0. The van der Waals surface area contributed by atoms with Crippen LogP contribution in [-0.4, -0.2) is 26.2 Å². The summed E-state index contributed by atoms with van der Waals surface area (Å²) in [6, 6.07) is 0. The van der Waals surface area contributed by atoms with Crippen LogP contribution in [0.15, 0.2) is 6.20 Å². The third kappa shape index (κ3) is 2.63. The highest BCUT2D eigenvalue weighted by atomic mass is 32.1. The van der Waals surface area contributed by atoms with E-state index in [1.54, 1.807) is 10.9 Å². The molecule has 1 aliphatic carbocycles. The monoisotopic (exact) mass is 280 g/mol. The average molecular weight is 280 g/mol. The maximum absolute atomic E-state index is 12.4. The normalized spacial score (nSPS) is 17.4. The third-order valence-electron chi connectivity index (χ3n) is 3.77. The molecule has 104 valence electrons. The molecule has 1 heterocycles. The predicted octanol–water partition coefficient (Wildman–Crippen LogP) is 1.31. The molecule has 1 saturated carbocycles. The van der Waals surface area contributed by atoms with Gasteiger partial charge in [-0.1, -0.05) is 32.0 Å². The van der Waals surface area contributed by atoms with E-state index in [1.165, 1.54) is 0 Å². The van der Waals surface area contributed by atoms with Crippen molar-refractivity contribution >= 4 is 23.1 Å². The minimum atomic E-state index is -0.507. The van der Waals surface area contributed by atoms with Crippen molar-refractivity contribution in [2.45, 2.75) is 44.6 Å². The molecule has 6 heteroatoms. The first-order chi connectivity index (χ1) is 8.98. The molecule has 0 spiro atoms. The molecule has 1 aliphatic rings. The largest absolute Gasteiger partial charge is 0.391 e. The van der Waals surface area contributed by atoms with E-state index in [-0.39, 0.29) is 5.91 Å². The van der Waals surface area contributed by atoms with E-state index in [0.717, 1.165) is 37.8 Å². The topological polar surface area (TPSA) is 72.9 Å². The molecule has 0 aromatic carbocycles. The van der Waals surface area contributed by atoms with Crippen LogP contribution in [0.25, 0.3) is 0 Å². The van der Waals surface area contributed by atoms with Crippen LogP contribution >= 0.6 is 12.2 Å². The summed E-state index contributed by atoms with van der Waals surface area (Å²) < 4.78 is 1.66. The van der Waals surface area contributed by atoms with Gasteiger partial charge < -0.3 is 11.1 Å². The van der Waals surface area contributed by atoms with E-state index >= 15 is 0 Å². The molecule has 0 bridgehead atoms. The lowest BCUT2D eigenvalue weighted by Crippen LogP contribution is -2.54. The highest BCUT2D eigenvalue weighted by Gasteiger charge is 2.38. The van der Waals surface area contributed by atoms with E-state index in [0.29, 0.717) is 10.6 Å². The van der Waals surface area contributed by atoms with Crippen LogP contribution in [0.5, 0.6) is 0 Å². The number of hydrogen-bond acceptors (Lipinski definition) is 3. The van der Waals surface area contributed by atoms with Crippen LogP contribution in [0, 0.1) is 0 Å². The maximum Gasteiger partial charge on any atom is 0.255 e. The second-order valence-corrected chi connectivity index (χ2v) is 5.56. The molecular formula is C13H20N4OS. The molecule has 19 heavy (non-hydrogen) atoms. The van der Waals surface area contributed by atoms with Crippen LogP contribution in [0.3, 0.4) is 0 Å². The second kappa shape index (κ2) is 5.28. The summed E-state index contributed by atoms with van der Waals surface area (Å²) >= 11 is 5.14. The predicted molar refractivity (Wildman–Crippen MR) is 78.0 cm³/mol. The number of nitrogens with one attached hydrogen (secondary N) is 1. The Bertz CT molecular complexity index is 503. The Kier molecular flexibility index (Phi) is 3.89. The molecule has 0 saturated heterocycles. The first-order valence-electron chi connectivity index (χ1n) is 6.63. The van der Waals surface area contributed by atoms with Crippen LogP contribution in [-0.2, 0) is 13.5 Å². The molecule has 5 nitrogen and oxygen atoms in total. The van der Waals surface area contributed by atoms with Gasteiger partial charge in [0.25, 0.3) is 5.91 Å². The second-order valence-electron chi connectivity index (χ2n) is 5.12. The van der Waals surface area contributed by atoms with Gasteiger partial charge in [0, 0.05) is 13.2 Å². The molecule has 0 unspecified atom stereocenters. The number of rotatable bonds is 4.